The molecule has 5 nitrogen and oxygen atoms in total. The monoisotopic (exact) mass is 299 g/mol. The number of para-hydroxylation sites is 1. The van der Waals surface area contributed by atoms with Gasteiger partial charge in [0.2, 0.25) is 0 Å². The van der Waals surface area contributed by atoms with Gasteiger partial charge in [-0.25, -0.2) is 0 Å². The summed E-state index contributed by atoms with van der Waals surface area (Å²) >= 11 is 5.88. The Hall–Kier alpha value is -1.75. The van der Waals surface area contributed by atoms with Crippen LogP contribution >= 0.6 is 11.6 Å². The third-order valence-corrected chi connectivity index (χ3v) is 3.15. The van der Waals surface area contributed by atoms with Gasteiger partial charge >= 0.3 is 5.97 Å². The fourth-order valence-corrected chi connectivity index (χ4v) is 1.78. The number of aliphatic carboxylic acids is 1. The lowest BCUT2D eigenvalue weighted by molar-refractivity contribution is -0.143. The number of carbonyl (C=O) groups excluding carboxylic acids is 1. The molecule has 1 aromatic rings. The first-order valence-corrected chi connectivity index (χ1v) is 6.66. The zero-order valence-corrected chi connectivity index (χ0v) is 12.2. The average molecular weight is 300 g/mol. The Morgan fingerprint density at radius 3 is 2.55 bits per heavy atom. The van der Waals surface area contributed by atoms with Crippen molar-refractivity contribution >= 4 is 23.5 Å². The summed E-state index contributed by atoms with van der Waals surface area (Å²) in [6.45, 7) is 3.47. The second-order valence-corrected chi connectivity index (χ2v) is 5.12. The van der Waals surface area contributed by atoms with Crippen molar-refractivity contribution in [1.82, 2.24) is 5.32 Å². The van der Waals surface area contributed by atoms with Crippen molar-refractivity contribution in [2.24, 2.45) is 11.8 Å². The molecule has 2 N–H and O–H groups in total. The molecule has 6 heteroatoms. The van der Waals surface area contributed by atoms with Crippen LogP contribution in [-0.4, -0.2) is 30.1 Å². The van der Waals surface area contributed by atoms with Crippen LogP contribution in [0.1, 0.15) is 13.8 Å². The summed E-state index contributed by atoms with van der Waals surface area (Å²) in [6.07, 6.45) is 0. The molecule has 0 saturated carbocycles. The molecule has 0 radical (unpaired) electrons. The van der Waals surface area contributed by atoms with Crippen molar-refractivity contribution in [3.05, 3.63) is 29.3 Å². The topological polar surface area (TPSA) is 75.6 Å². The highest BCUT2D eigenvalue weighted by molar-refractivity contribution is 6.32. The predicted molar refractivity (Wildman–Crippen MR) is 75.9 cm³/mol. The van der Waals surface area contributed by atoms with E-state index in [9.17, 15) is 9.59 Å². The molecule has 110 valence electrons. The number of ether oxygens (including phenoxy) is 1. The lowest BCUT2D eigenvalue weighted by atomic mass is 9.96. The van der Waals surface area contributed by atoms with Crippen molar-refractivity contribution in [2.75, 3.05) is 13.2 Å². The first kappa shape index (κ1) is 16.3. The SMILES string of the molecule is CC(C)C(CNC(=O)COc1ccccc1Cl)C(=O)O. The maximum atomic E-state index is 11.6. The molecule has 0 aromatic heterocycles. The van der Waals surface area contributed by atoms with Gasteiger partial charge in [-0.1, -0.05) is 37.6 Å². The van der Waals surface area contributed by atoms with Crippen LogP contribution in [0, 0.1) is 11.8 Å². The molecule has 0 spiro atoms. The zero-order valence-electron chi connectivity index (χ0n) is 11.4. The number of nitrogens with one attached hydrogen (secondary N) is 1. The van der Waals surface area contributed by atoms with E-state index in [2.05, 4.69) is 5.32 Å². The maximum absolute atomic E-state index is 11.6. The van der Waals surface area contributed by atoms with Crippen molar-refractivity contribution in [3.8, 4) is 5.75 Å². The van der Waals surface area contributed by atoms with Crippen molar-refractivity contribution in [3.63, 3.8) is 0 Å². The largest absolute Gasteiger partial charge is 0.482 e. The first-order valence-electron chi connectivity index (χ1n) is 6.28. The lowest BCUT2D eigenvalue weighted by Crippen LogP contribution is -2.37. The second kappa shape index (κ2) is 7.75. The molecule has 0 fully saturated rings. The van der Waals surface area contributed by atoms with Crippen LogP contribution in [0.15, 0.2) is 24.3 Å². The Balaban J connectivity index is 2.41. The molecule has 0 aliphatic rings. The summed E-state index contributed by atoms with van der Waals surface area (Å²) in [6, 6.07) is 6.82. The molecule has 0 heterocycles. The predicted octanol–water partition coefficient (Wildman–Crippen LogP) is 2.19. The molecule has 1 aromatic carbocycles. The molecule has 1 amide bonds. The standard InChI is InChI=1S/C14H18ClNO4/c1-9(2)10(14(18)19)7-16-13(17)8-20-12-6-4-3-5-11(12)15/h3-6,9-10H,7-8H2,1-2H3,(H,16,17)(H,18,19). The van der Waals surface area contributed by atoms with Gasteiger partial charge in [0, 0.05) is 6.54 Å². The third kappa shape index (κ3) is 5.09. The highest BCUT2D eigenvalue weighted by Crippen LogP contribution is 2.22. The summed E-state index contributed by atoms with van der Waals surface area (Å²) in [5.41, 5.74) is 0. The van der Waals surface area contributed by atoms with Gasteiger partial charge in [-0.05, 0) is 18.1 Å². The average Bonchev–Trinajstić information content (AvgIpc) is 2.37. The number of rotatable bonds is 7. The van der Waals surface area contributed by atoms with E-state index in [1.165, 1.54) is 0 Å². The fraction of sp³-hybridized carbons (Fsp3) is 0.429. The van der Waals surface area contributed by atoms with Gasteiger partial charge in [-0.15, -0.1) is 0 Å². The minimum absolute atomic E-state index is 0.0581. The van der Waals surface area contributed by atoms with E-state index in [-0.39, 0.29) is 25.0 Å². The third-order valence-electron chi connectivity index (χ3n) is 2.84. The summed E-state index contributed by atoms with van der Waals surface area (Å²) in [5.74, 6) is -1.55. The van der Waals surface area contributed by atoms with E-state index < -0.39 is 11.9 Å². The molecular formula is C14H18ClNO4. The van der Waals surface area contributed by atoms with Crippen LogP contribution < -0.4 is 10.1 Å². The Kier molecular flexibility index (Phi) is 6.31. The van der Waals surface area contributed by atoms with Gasteiger partial charge in [-0.2, -0.15) is 0 Å². The highest BCUT2D eigenvalue weighted by Gasteiger charge is 2.21. The Labute approximate surface area is 122 Å². The second-order valence-electron chi connectivity index (χ2n) is 4.71. The number of carboxylic acid groups (broad SMARTS) is 1. The smallest absolute Gasteiger partial charge is 0.308 e. The minimum Gasteiger partial charge on any atom is -0.482 e. The van der Waals surface area contributed by atoms with Crippen molar-refractivity contribution in [1.29, 1.82) is 0 Å². The van der Waals surface area contributed by atoms with Gasteiger partial charge in [0.05, 0.1) is 10.9 Å². The summed E-state index contributed by atoms with van der Waals surface area (Å²) in [7, 11) is 0. The van der Waals surface area contributed by atoms with Gasteiger partial charge in [0.15, 0.2) is 6.61 Å². The number of amides is 1. The molecule has 0 bridgehead atoms. The van der Waals surface area contributed by atoms with Gasteiger partial charge in [0.25, 0.3) is 5.91 Å². The molecule has 1 atom stereocenters. The Bertz CT molecular complexity index is 476. The van der Waals surface area contributed by atoms with Gasteiger partial charge in [0.1, 0.15) is 5.75 Å². The number of hydrogen-bond donors (Lipinski definition) is 2. The Morgan fingerprint density at radius 1 is 1.35 bits per heavy atom. The van der Waals surface area contributed by atoms with E-state index in [1.54, 1.807) is 38.1 Å². The van der Waals surface area contributed by atoms with E-state index in [4.69, 9.17) is 21.4 Å². The van der Waals surface area contributed by atoms with Crippen LogP contribution in [0.5, 0.6) is 5.75 Å². The number of carbonyl (C=O) groups is 2. The molecule has 1 rings (SSSR count). The van der Waals surface area contributed by atoms with E-state index in [0.717, 1.165) is 0 Å². The normalized spacial score (nSPS) is 12.0. The van der Waals surface area contributed by atoms with E-state index >= 15 is 0 Å². The number of halogens is 1. The Morgan fingerprint density at radius 2 is 2.00 bits per heavy atom. The van der Waals surface area contributed by atoms with Crippen molar-refractivity contribution in [2.45, 2.75) is 13.8 Å². The fourth-order valence-electron chi connectivity index (χ4n) is 1.59. The van der Waals surface area contributed by atoms with Crippen molar-refractivity contribution < 1.29 is 19.4 Å². The van der Waals surface area contributed by atoms with Crippen LogP contribution in [-0.2, 0) is 9.59 Å². The van der Waals surface area contributed by atoms with Gasteiger partial charge in [-0.3, -0.25) is 9.59 Å². The number of carboxylic acids is 1. The summed E-state index contributed by atoms with van der Waals surface area (Å²) < 4.78 is 5.26. The maximum Gasteiger partial charge on any atom is 0.308 e. The van der Waals surface area contributed by atoms with Crippen LogP contribution in [0.2, 0.25) is 5.02 Å². The summed E-state index contributed by atoms with van der Waals surface area (Å²) in [5, 5.41) is 12.0. The van der Waals surface area contributed by atoms with E-state index in [1.807, 2.05) is 0 Å². The van der Waals surface area contributed by atoms with Crippen LogP contribution in [0.4, 0.5) is 0 Å². The van der Waals surface area contributed by atoms with Crippen LogP contribution in [0.25, 0.3) is 0 Å². The molecule has 0 saturated heterocycles. The molecule has 0 aliphatic heterocycles. The van der Waals surface area contributed by atoms with Gasteiger partial charge < -0.3 is 15.2 Å². The first-order chi connectivity index (χ1) is 9.41. The quantitative estimate of drug-likeness (QED) is 0.809. The van der Waals surface area contributed by atoms with E-state index in [0.29, 0.717) is 10.8 Å². The molecule has 20 heavy (non-hydrogen) atoms. The highest BCUT2D eigenvalue weighted by atomic mass is 35.5. The zero-order chi connectivity index (χ0) is 15.1. The minimum atomic E-state index is -0.924. The number of hydrogen-bond acceptors (Lipinski definition) is 3. The molecular weight excluding hydrogens is 282 g/mol. The van der Waals surface area contributed by atoms with Crippen LogP contribution in [0.3, 0.4) is 0 Å². The molecule has 0 aliphatic carbocycles. The number of benzene rings is 1. The summed E-state index contributed by atoms with van der Waals surface area (Å²) in [4.78, 5) is 22.6. The lowest BCUT2D eigenvalue weighted by Gasteiger charge is -2.16. The molecule has 1 unspecified atom stereocenters.